The quantitative estimate of drug-likeness (QED) is 0.619. The molecule has 2 heterocycles. The molecule has 1 aliphatic heterocycles. The first kappa shape index (κ1) is 25.5. The smallest absolute Gasteiger partial charge is 0.290 e. The van der Waals surface area contributed by atoms with Gasteiger partial charge in [-0.3, -0.25) is 19.3 Å². The first-order valence-electron chi connectivity index (χ1n) is 10.9. The number of piperidine rings is 1. The normalized spacial score (nSPS) is 22.5. The molecule has 1 spiro atoms. The van der Waals surface area contributed by atoms with Gasteiger partial charge in [0.15, 0.2) is 0 Å². The lowest BCUT2D eigenvalue weighted by atomic mass is 9.76. The second-order valence-corrected chi connectivity index (χ2v) is 8.67. The fourth-order valence-corrected chi connectivity index (χ4v) is 5.42. The van der Waals surface area contributed by atoms with E-state index in [1.165, 1.54) is 37.7 Å². The Bertz CT molecular complexity index is 967. The van der Waals surface area contributed by atoms with Gasteiger partial charge in [-0.2, -0.15) is 0 Å². The van der Waals surface area contributed by atoms with Crippen LogP contribution in [0.3, 0.4) is 0 Å². The minimum atomic E-state index is -0.250. The Morgan fingerprint density at radius 3 is 2.47 bits per heavy atom. The molecule has 0 radical (unpaired) electrons. The van der Waals surface area contributed by atoms with Crippen molar-refractivity contribution >= 4 is 23.8 Å². The number of ether oxygens (including phenoxy) is 1. The van der Waals surface area contributed by atoms with Gasteiger partial charge in [0.05, 0.1) is 11.6 Å². The Labute approximate surface area is 188 Å². The van der Waals surface area contributed by atoms with Crippen molar-refractivity contribution in [3.63, 3.8) is 0 Å². The molecule has 3 N–H and O–H groups in total. The molecule has 2 atom stereocenters. The number of likely N-dealkylation sites (tertiary alicyclic amines) is 1. The number of pyridine rings is 1. The van der Waals surface area contributed by atoms with Crippen molar-refractivity contribution in [3.05, 3.63) is 45.2 Å². The molecular weight excluding hydrogens is 412 g/mol. The van der Waals surface area contributed by atoms with Crippen LogP contribution >= 0.6 is 0 Å². The van der Waals surface area contributed by atoms with Gasteiger partial charge in [0, 0.05) is 31.2 Å². The number of methoxy groups -OCH3 is 1. The van der Waals surface area contributed by atoms with E-state index in [-0.39, 0.29) is 18.5 Å². The Balaban J connectivity index is 0.000000547. The molecule has 8 heteroatoms. The van der Waals surface area contributed by atoms with Crippen LogP contribution in [0.15, 0.2) is 23.0 Å². The minimum Gasteiger partial charge on any atom is -0.483 e. The summed E-state index contributed by atoms with van der Waals surface area (Å²) in [5.41, 5.74) is 4.57. The SMILES string of the molecule is CO[C@@H]1CCC[C@]12CCCN(Cc1cc3cc(C)cc(C)c3[nH]c1=O)C2.O=CO.O=CO. The van der Waals surface area contributed by atoms with Gasteiger partial charge in [0.1, 0.15) is 0 Å². The van der Waals surface area contributed by atoms with Gasteiger partial charge in [-0.1, -0.05) is 18.1 Å². The molecular formula is C24H34N2O6. The number of nitrogens with zero attached hydrogens (tertiary/aromatic N) is 1. The third kappa shape index (κ3) is 5.95. The Kier molecular flexibility index (Phi) is 9.41. The van der Waals surface area contributed by atoms with E-state index in [1.807, 2.05) is 7.11 Å². The second kappa shape index (κ2) is 11.8. The summed E-state index contributed by atoms with van der Waals surface area (Å²) in [6, 6.07) is 6.38. The Hall–Kier alpha value is -2.71. The zero-order chi connectivity index (χ0) is 23.7. The number of carbonyl (C=O) groups is 2. The van der Waals surface area contributed by atoms with Gasteiger partial charge in [-0.25, -0.2) is 0 Å². The van der Waals surface area contributed by atoms with E-state index in [0.29, 0.717) is 11.5 Å². The highest BCUT2D eigenvalue weighted by Gasteiger charge is 2.45. The molecule has 0 amide bonds. The van der Waals surface area contributed by atoms with Gasteiger partial charge in [-0.05, 0) is 69.2 Å². The Morgan fingerprint density at radius 2 is 1.81 bits per heavy atom. The predicted molar refractivity (Wildman–Crippen MR) is 123 cm³/mol. The third-order valence-corrected chi connectivity index (χ3v) is 6.56. The molecule has 0 unspecified atom stereocenters. The molecule has 1 aromatic carbocycles. The van der Waals surface area contributed by atoms with Crippen LogP contribution in [0.2, 0.25) is 0 Å². The summed E-state index contributed by atoms with van der Waals surface area (Å²) < 4.78 is 5.82. The molecule has 8 nitrogen and oxygen atoms in total. The van der Waals surface area contributed by atoms with E-state index in [2.05, 4.69) is 41.9 Å². The maximum atomic E-state index is 12.7. The standard InChI is InChI=1S/C22H30N2O2.2CH2O2/c1-15-10-16(2)20-17(11-15)12-18(21(25)23-20)13-24-9-5-8-22(14-24)7-4-6-19(22)26-3;2*2-1-3/h10-12,19H,4-9,13-14H2,1-3H3,(H,23,25);2*1H,(H,2,3)/t19-,22-;;/m1../s1. The van der Waals surface area contributed by atoms with Gasteiger partial charge in [0.2, 0.25) is 0 Å². The number of nitrogens with one attached hydrogen (secondary N) is 1. The number of aryl methyl sites for hydroxylation is 2. The van der Waals surface area contributed by atoms with Crippen LogP contribution < -0.4 is 5.56 Å². The molecule has 1 aliphatic carbocycles. The van der Waals surface area contributed by atoms with Crippen molar-refractivity contribution in [2.75, 3.05) is 20.2 Å². The molecule has 2 aromatic rings. The van der Waals surface area contributed by atoms with Gasteiger partial charge in [0.25, 0.3) is 18.5 Å². The number of fused-ring (bicyclic) bond motifs is 1. The van der Waals surface area contributed by atoms with Crippen molar-refractivity contribution in [2.24, 2.45) is 5.41 Å². The number of rotatable bonds is 3. The van der Waals surface area contributed by atoms with E-state index in [1.54, 1.807) is 0 Å². The van der Waals surface area contributed by atoms with Gasteiger partial charge in [-0.15, -0.1) is 0 Å². The van der Waals surface area contributed by atoms with Crippen LogP contribution in [0.4, 0.5) is 0 Å². The maximum absolute atomic E-state index is 12.7. The van der Waals surface area contributed by atoms with E-state index in [0.717, 1.165) is 41.7 Å². The number of hydrogen-bond donors (Lipinski definition) is 3. The number of hydrogen-bond acceptors (Lipinski definition) is 5. The largest absolute Gasteiger partial charge is 0.483 e. The molecule has 2 aliphatic rings. The van der Waals surface area contributed by atoms with Crippen molar-refractivity contribution < 1.29 is 24.5 Å². The fraction of sp³-hybridized carbons (Fsp3) is 0.542. The Morgan fingerprint density at radius 1 is 1.16 bits per heavy atom. The molecule has 2 fully saturated rings. The van der Waals surface area contributed by atoms with E-state index in [4.69, 9.17) is 24.5 Å². The summed E-state index contributed by atoms with van der Waals surface area (Å²) >= 11 is 0. The van der Waals surface area contributed by atoms with Gasteiger partial charge < -0.3 is 19.9 Å². The average Bonchev–Trinajstić information content (AvgIpc) is 3.12. The van der Waals surface area contributed by atoms with Crippen molar-refractivity contribution in [3.8, 4) is 0 Å². The van der Waals surface area contributed by atoms with Crippen LogP contribution in [0.5, 0.6) is 0 Å². The first-order chi connectivity index (χ1) is 15.3. The third-order valence-electron chi connectivity index (χ3n) is 6.56. The summed E-state index contributed by atoms with van der Waals surface area (Å²) in [5.74, 6) is 0. The van der Waals surface area contributed by atoms with Crippen molar-refractivity contribution in [1.29, 1.82) is 0 Å². The van der Waals surface area contributed by atoms with Crippen LogP contribution in [0.1, 0.15) is 48.8 Å². The van der Waals surface area contributed by atoms with Crippen LogP contribution in [0.25, 0.3) is 10.9 Å². The highest BCUT2D eigenvalue weighted by Crippen LogP contribution is 2.46. The van der Waals surface area contributed by atoms with Crippen LogP contribution in [-0.4, -0.2) is 59.3 Å². The fourth-order valence-electron chi connectivity index (χ4n) is 5.42. The maximum Gasteiger partial charge on any atom is 0.290 e. The molecule has 176 valence electrons. The van der Waals surface area contributed by atoms with E-state index < -0.39 is 0 Å². The number of H-pyrrole nitrogens is 1. The highest BCUT2D eigenvalue weighted by atomic mass is 16.5. The minimum absolute atomic E-state index is 0.0544. The van der Waals surface area contributed by atoms with Crippen LogP contribution in [-0.2, 0) is 20.9 Å². The monoisotopic (exact) mass is 446 g/mol. The second-order valence-electron chi connectivity index (χ2n) is 8.67. The molecule has 1 aromatic heterocycles. The zero-order valence-electron chi connectivity index (χ0n) is 19.1. The van der Waals surface area contributed by atoms with E-state index in [9.17, 15) is 4.79 Å². The number of carboxylic acid groups (broad SMARTS) is 2. The number of aromatic nitrogens is 1. The lowest BCUT2D eigenvalue weighted by Crippen LogP contribution is -2.47. The summed E-state index contributed by atoms with van der Waals surface area (Å²) in [6.45, 7) is 6.52. The summed E-state index contributed by atoms with van der Waals surface area (Å²) in [7, 11) is 1.86. The summed E-state index contributed by atoms with van der Waals surface area (Å²) in [4.78, 5) is 35.0. The average molecular weight is 447 g/mol. The topological polar surface area (TPSA) is 120 Å². The van der Waals surface area contributed by atoms with E-state index >= 15 is 0 Å². The molecule has 4 rings (SSSR count). The molecule has 32 heavy (non-hydrogen) atoms. The van der Waals surface area contributed by atoms with Gasteiger partial charge >= 0.3 is 0 Å². The zero-order valence-corrected chi connectivity index (χ0v) is 19.1. The lowest BCUT2D eigenvalue weighted by Gasteiger charge is -2.43. The molecule has 1 saturated carbocycles. The van der Waals surface area contributed by atoms with Crippen molar-refractivity contribution in [1.82, 2.24) is 9.88 Å². The number of aromatic amines is 1. The van der Waals surface area contributed by atoms with Crippen molar-refractivity contribution in [2.45, 2.75) is 58.6 Å². The summed E-state index contributed by atoms with van der Waals surface area (Å²) in [6.07, 6.45) is 6.54. The predicted octanol–water partition coefficient (Wildman–Crippen LogP) is 3.33. The van der Waals surface area contributed by atoms with Crippen LogP contribution in [0, 0.1) is 19.3 Å². The summed E-state index contributed by atoms with van der Waals surface area (Å²) in [5, 5.41) is 14.9. The molecule has 1 saturated heterocycles. The highest BCUT2D eigenvalue weighted by molar-refractivity contribution is 5.82. The lowest BCUT2D eigenvalue weighted by molar-refractivity contribution is -0.123. The first-order valence-corrected chi connectivity index (χ1v) is 10.9. The number of benzene rings is 1. The molecule has 0 bridgehead atoms.